The first-order valence-electron chi connectivity index (χ1n) is 6.01. The maximum Gasteiger partial charge on any atom is 0.319 e. The number of halogens is 1. The summed E-state index contributed by atoms with van der Waals surface area (Å²) in [6, 6.07) is 3.89. The summed E-state index contributed by atoms with van der Waals surface area (Å²) in [5.41, 5.74) is 0.392. The number of hydrogen-bond donors (Lipinski definition) is 3. The van der Waals surface area contributed by atoms with E-state index in [4.69, 9.17) is 0 Å². The van der Waals surface area contributed by atoms with Crippen LogP contribution in [0.1, 0.15) is 24.8 Å². The molecule has 98 valence electrons. The minimum absolute atomic E-state index is 0.229. The molecule has 2 amide bonds. The SMILES string of the molecule is Cc1cc(F)cc(NC(=O)NCC2(O)CCC2)c1. The van der Waals surface area contributed by atoms with Crippen LogP contribution in [-0.2, 0) is 0 Å². The third-order valence-corrected chi connectivity index (χ3v) is 3.16. The van der Waals surface area contributed by atoms with Gasteiger partial charge in [0.1, 0.15) is 5.82 Å². The lowest BCUT2D eigenvalue weighted by Crippen LogP contribution is -2.48. The van der Waals surface area contributed by atoms with Crippen molar-refractivity contribution in [2.45, 2.75) is 31.8 Å². The average Bonchev–Trinajstić information content (AvgIpc) is 2.22. The average molecular weight is 252 g/mol. The molecule has 5 heteroatoms. The molecule has 1 aromatic carbocycles. The second kappa shape index (κ2) is 4.94. The first-order valence-corrected chi connectivity index (χ1v) is 6.01. The number of carbonyl (C=O) groups excluding carboxylic acids is 1. The zero-order valence-corrected chi connectivity index (χ0v) is 10.3. The molecule has 18 heavy (non-hydrogen) atoms. The normalized spacial score (nSPS) is 16.8. The van der Waals surface area contributed by atoms with Crippen molar-refractivity contribution in [2.24, 2.45) is 0 Å². The van der Waals surface area contributed by atoms with E-state index < -0.39 is 11.6 Å². The number of hydrogen-bond acceptors (Lipinski definition) is 2. The van der Waals surface area contributed by atoms with Crippen LogP contribution in [0.15, 0.2) is 18.2 Å². The summed E-state index contributed by atoms with van der Waals surface area (Å²) in [5.74, 6) is -0.386. The molecule has 0 aliphatic heterocycles. The van der Waals surface area contributed by atoms with E-state index in [0.29, 0.717) is 18.5 Å². The lowest BCUT2D eigenvalue weighted by molar-refractivity contribution is -0.0287. The van der Waals surface area contributed by atoms with Crippen LogP contribution >= 0.6 is 0 Å². The molecule has 1 saturated carbocycles. The highest BCUT2D eigenvalue weighted by Crippen LogP contribution is 2.30. The van der Waals surface area contributed by atoms with E-state index >= 15 is 0 Å². The molecule has 0 unspecified atom stereocenters. The van der Waals surface area contributed by atoms with E-state index in [2.05, 4.69) is 10.6 Å². The number of urea groups is 1. The van der Waals surface area contributed by atoms with Crippen molar-refractivity contribution in [3.63, 3.8) is 0 Å². The number of anilines is 1. The van der Waals surface area contributed by atoms with Gasteiger partial charge in [-0.3, -0.25) is 0 Å². The highest BCUT2D eigenvalue weighted by atomic mass is 19.1. The third-order valence-electron chi connectivity index (χ3n) is 3.16. The molecule has 1 aliphatic rings. The predicted octanol–water partition coefficient (Wildman–Crippen LogP) is 2.17. The van der Waals surface area contributed by atoms with Crippen molar-refractivity contribution in [1.82, 2.24) is 5.32 Å². The van der Waals surface area contributed by atoms with Crippen molar-refractivity contribution in [1.29, 1.82) is 0 Å². The summed E-state index contributed by atoms with van der Waals surface area (Å²) in [6.45, 7) is 1.98. The highest BCUT2D eigenvalue weighted by molar-refractivity contribution is 5.89. The summed E-state index contributed by atoms with van der Waals surface area (Å²) >= 11 is 0. The topological polar surface area (TPSA) is 61.4 Å². The first kappa shape index (κ1) is 12.8. The van der Waals surface area contributed by atoms with Gasteiger partial charge in [0, 0.05) is 12.2 Å². The maximum absolute atomic E-state index is 13.1. The minimum atomic E-state index is -0.755. The van der Waals surface area contributed by atoms with Gasteiger partial charge >= 0.3 is 6.03 Å². The van der Waals surface area contributed by atoms with Crippen LogP contribution in [0.2, 0.25) is 0 Å². The van der Waals surface area contributed by atoms with Crippen LogP contribution in [0, 0.1) is 12.7 Å². The molecule has 0 heterocycles. The van der Waals surface area contributed by atoms with Gasteiger partial charge in [-0.15, -0.1) is 0 Å². The Hall–Kier alpha value is -1.62. The van der Waals surface area contributed by atoms with E-state index in [1.165, 1.54) is 12.1 Å². The Bertz CT molecular complexity index is 438. The highest BCUT2D eigenvalue weighted by Gasteiger charge is 2.34. The van der Waals surface area contributed by atoms with Crippen molar-refractivity contribution in [3.05, 3.63) is 29.6 Å². The zero-order valence-electron chi connectivity index (χ0n) is 10.3. The van der Waals surface area contributed by atoms with E-state index in [9.17, 15) is 14.3 Å². The fraction of sp³-hybridized carbons (Fsp3) is 0.462. The summed E-state index contributed by atoms with van der Waals surface area (Å²) in [7, 11) is 0. The monoisotopic (exact) mass is 252 g/mol. The summed E-state index contributed by atoms with van der Waals surface area (Å²) in [6.07, 6.45) is 2.42. The van der Waals surface area contributed by atoms with Crippen LogP contribution in [0.4, 0.5) is 14.9 Å². The van der Waals surface area contributed by atoms with Crippen LogP contribution in [0.5, 0.6) is 0 Å². The van der Waals surface area contributed by atoms with Gasteiger partial charge in [-0.1, -0.05) is 0 Å². The number of nitrogens with one attached hydrogen (secondary N) is 2. The number of aryl methyl sites for hydroxylation is 1. The largest absolute Gasteiger partial charge is 0.388 e. The molecule has 4 nitrogen and oxygen atoms in total. The van der Waals surface area contributed by atoms with Gasteiger partial charge in [0.05, 0.1) is 5.60 Å². The second-order valence-electron chi connectivity index (χ2n) is 4.90. The van der Waals surface area contributed by atoms with Crippen molar-refractivity contribution < 1.29 is 14.3 Å². The number of aliphatic hydroxyl groups is 1. The van der Waals surface area contributed by atoms with Gasteiger partial charge in [0.15, 0.2) is 0 Å². The Kier molecular flexibility index (Phi) is 3.52. The number of benzene rings is 1. The van der Waals surface area contributed by atoms with Gasteiger partial charge in [0.2, 0.25) is 0 Å². The van der Waals surface area contributed by atoms with Gasteiger partial charge in [-0.2, -0.15) is 0 Å². The standard InChI is InChI=1S/C13H17FN2O2/c1-9-5-10(14)7-11(6-9)16-12(17)15-8-13(18)3-2-4-13/h5-7,18H,2-4,8H2,1H3,(H2,15,16,17). The number of rotatable bonds is 3. The zero-order chi connectivity index (χ0) is 13.2. The molecular formula is C13H17FN2O2. The molecular weight excluding hydrogens is 235 g/mol. The third kappa shape index (κ3) is 3.20. The maximum atomic E-state index is 13.1. The molecule has 1 aliphatic carbocycles. The minimum Gasteiger partial charge on any atom is -0.388 e. The van der Waals surface area contributed by atoms with Gasteiger partial charge in [-0.05, 0) is 49.9 Å². The smallest absolute Gasteiger partial charge is 0.319 e. The molecule has 3 N–H and O–H groups in total. The lowest BCUT2D eigenvalue weighted by Gasteiger charge is -2.36. The van der Waals surface area contributed by atoms with Crippen molar-refractivity contribution in [3.8, 4) is 0 Å². The molecule has 0 radical (unpaired) electrons. The van der Waals surface area contributed by atoms with Crippen molar-refractivity contribution >= 4 is 11.7 Å². The van der Waals surface area contributed by atoms with Crippen molar-refractivity contribution in [2.75, 3.05) is 11.9 Å². The summed E-state index contributed by atoms with van der Waals surface area (Å²) in [5, 5.41) is 14.9. The first-order chi connectivity index (χ1) is 8.47. The Morgan fingerprint density at radius 2 is 2.17 bits per heavy atom. The van der Waals surface area contributed by atoms with E-state index in [1.54, 1.807) is 13.0 Å². The van der Waals surface area contributed by atoms with E-state index in [-0.39, 0.29) is 12.4 Å². The second-order valence-corrected chi connectivity index (χ2v) is 4.90. The molecule has 0 spiro atoms. The number of amides is 2. The summed E-state index contributed by atoms with van der Waals surface area (Å²) < 4.78 is 13.1. The Morgan fingerprint density at radius 3 is 2.72 bits per heavy atom. The van der Waals surface area contributed by atoms with E-state index in [1.807, 2.05) is 0 Å². The fourth-order valence-electron chi connectivity index (χ4n) is 1.99. The number of carbonyl (C=O) groups is 1. The lowest BCUT2D eigenvalue weighted by atomic mass is 9.80. The van der Waals surface area contributed by atoms with Gasteiger partial charge in [-0.25, -0.2) is 9.18 Å². The van der Waals surface area contributed by atoms with Gasteiger partial charge in [0.25, 0.3) is 0 Å². The molecule has 0 aromatic heterocycles. The predicted molar refractivity (Wildman–Crippen MR) is 67.0 cm³/mol. The van der Waals surface area contributed by atoms with Crippen LogP contribution in [-0.4, -0.2) is 23.3 Å². The van der Waals surface area contributed by atoms with Crippen LogP contribution in [0.25, 0.3) is 0 Å². The van der Waals surface area contributed by atoms with Crippen LogP contribution in [0.3, 0.4) is 0 Å². The van der Waals surface area contributed by atoms with Gasteiger partial charge < -0.3 is 15.7 Å². The molecule has 0 saturated heterocycles. The fourth-order valence-corrected chi connectivity index (χ4v) is 1.99. The Morgan fingerprint density at radius 1 is 1.44 bits per heavy atom. The molecule has 1 fully saturated rings. The Labute approximate surface area is 105 Å². The Balaban J connectivity index is 1.86. The molecule has 1 aromatic rings. The molecule has 0 bridgehead atoms. The summed E-state index contributed by atoms with van der Waals surface area (Å²) in [4.78, 5) is 11.6. The van der Waals surface area contributed by atoms with Crippen LogP contribution < -0.4 is 10.6 Å². The quantitative estimate of drug-likeness (QED) is 0.772. The van der Waals surface area contributed by atoms with E-state index in [0.717, 1.165) is 12.0 Å². The molecule has 2 rings (SSSR count). The molecule has 0 atom stereocenters.